The number of hydrogen-bond donors (Lipinski definition) is 1. The van der Waals surface area contributed by atoms with Crippen molar-refractivity contribution in [1.29, 1.82) is 0 Å². The number of methoxy groups -OCH3 is 2. The zero-order valence-electron chi connectivity index (χ0n) is 16.1. The summed E-state index contributed by atoms with van der Waals surface area (Å²) in [5, 5.41) is 3.13. The maximum absolute atomic E-state index is 12.9. The van der Waals surface area contributed by atoms with Gasteiger partial charge in [0, 0.05) is 24.1 Å². The quantitative estimate of drug-likeness (QED) is 0.768. The zero-order valence-corrected chi connectivity index (χ0v) is 17.7. The number of hydrogen-bond acceptors (Lipinski definition) is 6. The Hall–Kier alpha value is -2.65. The number of nitrogens with one attached hydrogen (secondary N) is 1. The van der Waals surface area contributed by atoms with Crippen molar-refractivity contribution in [3.63, 3.8) is 0 Å². The minimum atomic E-state index is -3.58. The molecular weight excluding hydrogens is 420 g/mol. The molecule has 2 aromatic rings. The van der Waals surface area contributed by atoms with Gasteiger partial charge in [0.05, 0.1) is 31.9 Å². The van der Waals surface area contributed by atoms with E-state index in [1.54, 1.807) is 30.3 Å². The first-order valence-electron chi connectivity index (χ1n) is 8.69. The number of carbonyl (C=O) groups is 1. The number of benzene rings is 2. The summed E-state index contributed by atoms with van der Waals surface area (Å²) in [7, 11) is -0.563. The highest BCUT2D eigenvalue weighted by atomic mass is 35.5. The molecule has 1 amide bonds. The van der Waals surface area contributed by atoms with Gasteiger partial charge in [0.1, 0.15) is 17.2 Å². The van der Waals surface area contributed by atoms with Crippen molar-refractivity contribution in [2.75, 3.05) is 36.6 Å². The molecule has 0 bridgehead atoms. The molecule has 0 saturated heterocycles. The third-order valence-electron chi connectivity index (χ3n) is 4.41. The molecule has 2 aromatic carbocycles. The number of nitrogens with zero attached hydrogens (tertiary/aromatic N) is 1. The van der Waals surface area contributed by atoms with Gasteiger partial charge < -0.3 is 19.5 Å². The minimum Gasteiger partial charge on any atom is -0.497 e. The second-order valence-corrected chi connectivity index (χ2v) is 8.74. The van der Waals surface area contributed by atoms with Crippen molar-refractivity contribution in [1.82, 2.24) is 0 Å². The summed E-state index contributed by atoms with van der Waals surface area (Å²) in [5.74, 6) is 0.848. The minimum absolute atomic E-state index is 0.0734. The summed E-state index contributed by atoms with van der Waals surface area (Å²) >= 11 is 6.03. The molecule has 1 N–H and O–H groups in total. The number of halogens is 1. The Morgan fingerprint density at radius 1 is 1.21 bits per heavy atom. The Morgan fingerprint density at radius 3 is 2.62 bits per heavy atom. The fourth-order valence-corrected chi connectivity index (χ4v) is 4.10. The molecule has 1 aliphatic heterocycles. The van der Waals surface area contributed by atoms with Crippen LogP contribution >= 0.6 is 11.6 Å². The third kappa shape index (κ3) is 4.68. The molecule has 10 heteroatoms. The molecule has 0 spiro atoms. The highest BCUT2D eigenvalue weighted by molar-refractivity contribution is 7.92. The molecule has 0 radical (unpaired) electrons. The maximum Gasteiger partial charge on any atom is 0.265 e. The summed E-state index contributed by atoms with van der Waals surface area (Å²) in [5.41, 5.74) is 0.750. The Balaban J connectivity index is 1.87. The Bertz CT molecular complexity index is 1030. The van der Waals surface area contributed by atoms with Gasteiger partial charge in [-0.3, -0.25) is 9.10 Å². The Morgan fingerprint density at radius 2 is 1.97 bits per heavy atom. The Labute approximate surface area is 174 Å². The molecule has 0 aromatic heterocycles. The van der Waals surface area contributed by atoms with E-state index >= 15 is 0 Å². The van der Waals surface area contributed by atoms with Crippen molar-refractivity contribution in [2.24, 2.45) is 0 Å². The fraction of sp³-hybridized carbons (Fsp3) is 0.316. The number of carbonyl (C=O) groups excluding carboxylic acids is 1. The lowest BCUT2D eigenvalue weighted by molar-refractivity contribution is -0.122. The monoisotopic (exact) mass is 440 g/mol. The van der Waals surface area contributed by atoms with Gasteiger partial charge in [0.15, 0.2) is 6.10 Å². The lowest BCUT2D eigenvalue weighted by Crippen LogP contribution is -2.36. The van der Waals surface area contributed by atoms with E-state index in [1.165, 1.54) is 24.6 Å². The van der Waals surface area contributed by atoms with Gasteiger partial charge in [0.2, 0.25) is 10.0 Å². The van der Waals surface area contributed by atoms with Crippen LogP contribution in [0.2, 0.25) is 5.02 Å². The number of fused-ring (bicyclic) bond motifs is 1. The van der Waals surface area contributed by atoms with E-state index in [0.29, 0.717) is 27.9 Å². The van der Waals surface area contributed by atoms with Crippen molar-refractivity contribution >= 4 is 38.9 Å². The zero-order chi connectivity index (χ0) is 21.2. The standard InChI is InChI=1S/C19H21ClN2O6S/c1-26-13-5-6-14(18(11-13)27-2)21-19(23)17-8-9-22(29(3,24)25)15-10-12(20)4-7-16(15)28-17/h4-7,10-11,17H,8-9H2,1-3H3,(H,21,23). The first-order valence-corrected chi connectivity index (χ1v) is 10.9. The SMILES string of the molecule is COc1ccc(NC(=O)C2CCN(S(C)(=O)=O)c3cc(Cl)ccc3O2)c(OC)c1. The van der Waals surface area contributed by atoms with Gasteiger partial charge in [-0.2, -0.15) is 0 Å². The second kappa shape index (κ2) is 8.38. The summed E-state index contributed by atoms with van der Waals surface area (Å²) in [6, 6.07) is 9.62. The smallest absolute Gasteiger partial charge is 0.265 e. The van der Waals surface area contributed by atoms with Gasteiger partial charge >= 0.3 is 0 Å². The largest absolute Gasteiger partial charge is 0.497 e. The topological polar surface area (TPSA) is 94.2 Å². The summed E-state index contributed by atoms with van der Waals surface area (Å²) in [6.45, 7) is 0.0734. The normalized spacial score (nSPS) is 16.3. The predicted molar refractivity (Wildman–Crippen MR) is 111 cm³/mol. The number of anilines is 2. The fourth-order valence-electron chi connectivity index (χ4n) is 3.00. The molecule has 1 aliphatic rings. The van der Waals surface area contributed by atoms with Crippen LogP contribution < -0.4 is 23.8 Å². The van der Waals surface area contributed by atoms with Crippen molar-refractivity contribution in [3.8, 4) is 17.2 Å². The number of rotatable bonds is 5. The van der Waals surface area contributed by atoms with Crippen LogP contribution in [-0.4, -0.2) is 47.4 Å². The van der Waals surface area contributed by atoms with E-state index in [-0.39, 0.29) is 18.7 Å². The van der Waals surface area contributed by atoms with Crippen LogP contribution in [0.1, 0.15) is 6.42 Å². The lowest BCUT2D eigenvalue weighted by atomic mass is 10.2. The molecule has 1 atom stereocenters. The lowest BCUT2D eigenvalue weighted by Gasteiger charge is -2.21. The second-order valence-electron chi connectivity index (χ2n) is 6.40. The van der Waals surface area contributed by atoms with Crippen LogP contribution in [0.15, 0.2) is 36.4 Å². The molecule has 3 rings (SSSR count). The van der Waals surface area contributed by atoms with Crippen LogP contribution in [0.5, 0.6) is 17.2 Å². The maximum atomic E-state index is 12.9. The molecule has 1 heterocycles. The van der Waals surface area contributed by atoms with Gasteiger partial charge in [-0.1, -0.05) is 11.6 Å². The molecule has 0 aliphatic carbocycles. The Kier molecular flexibility index (Phi) is 6.09. The van der Waals surface area contributed by atoms with E-state index in [0.717, 1.165) is 6.26 Å². The molecule has 29 heavy (non-hydrogen) atoms. The van der Waals surface area contributed by atoms with Gasteiger partial charge in [-0.15, -0.1) is 0 Å². The van der Waals surface area contributed by atoms with E-state index in [1.807, 2.05) is 0 Å². The van der Waals surface area contributed by atoms with Crippen molar-refractivity contribution < 1.29 is 27.4 Å². The number of sulfonamides is 1. The first kappa shape index (κ1) is 21.1. The highest BCUT2D eigenvalue weighted by Crippen LogP contribution is 2.37. The number of ether oxygens (including phenoxy) is 3. The van der Waals surface area contributed by atoms with E-state index in [9.17, 15) is 13.2 Å². The van der Waals surface area contributed by atoms with Gasteiger partial charge in [-0.25, -0.2) is 8.42 Å². The molecular formula is C19H21ClN2O6S. The first-order chi connectivity index (χ1) is 13.7. The molecule has 156 valence electrons. The van der Waals surface area contributed by atoms with Crippen LogP contribution in [-0.2, 0) is 14.8 Å². The average Bonchev–Trinajstić information content (AvgIpc) is 2.87. The van der Waals surface area contributed by atoms with Crippen LogP contribution in [0.25, 0.3) is 0 Å². The molecule has 0 saturated carbocycles. The van der Waals surface area contributed by atoms with Crippen LogP contribution in [0.3, 0.4) is 0 Å². The molecule has 0 fully saturated rings. The van der Waals surface area contributed by atoms with Crippen LogP contribution in [0.4, 0.5) is 11.4 Å². The highest BCUT2D eigenvalue weighted by Gasteiger charge is 2.31. The molecule has 1 unspecified atom stereocenters. The van der Waals surface area contributed by atoms with Gasteiger partial charge in [0.25, 0.3) is 5.91 Å². The van der Waals surface area contributed by atoms with Crippen LogP contribution in [0, 0.1) is 0 Å². The summed E-state index contributed by atoms with van der Waals surface area (Å²) in [6.07, 6.45) is 0.345. The van der Waals surface area contributed by atoms with E-state index in [4.69, 9.17) is 25.8 Å². The van der Waals surface area contributed by atoms with E-state index < -0.39 is 22.0 Å². The average molecular weight is 441 g/mol. The predicted octanol–water partition coefficient (Wildman–Crippen LogP) is 2.91. The summed E-state index contributed by atoms with van der Waals surface area (Å²) < 4.78 is 41.9. The summed E-state index contributed by atoms with van der Waals surface area (Å²) in [4.78, 5) is 12.9. The molecule has 8 nitrogen and oxygen atoms in total. The third-order valence-corrected chi connectivity index (χ3v) is 5.83. The van der Waals surface area contributed by atoms with Crippen molar-refractivity contribution in [2.45, 2.75) is 12.5 Å². The van der Waals surface area contributed by atoms with E-state index in [2.05, 4.69) is 5.32 Å². The van der Waals surface area contributed by atoms with Crippen molar-refractivity contribution in [3.05, 3.63) is 41.4 Å². The number of amides is 1. The van der Waals surface area contributed by atoms with Gasteiger partial charge in [-0.05, 0) is 30.3 Å².